The van der Waals surface area contributed by atoms with Gasteiger partial charge in [-0.1, -0.05) is 6.07 Å². The number of morpholine rings is 1. The van der Waals surface area contributed by atoms with E-state index in [9.17, 15) is 4.79 Å². The average Bonchev–Trinajstić information content (AvgIpc) is 2.96. The molecule has 4 heterocycles. The molecule has 194 valence electrons. The minimum absolute atomic E-state index is 0.371. The molecule has 0 saturated carbocycles. The van der Waals surface area contributed by atoms with Gasteiger partial charge < -0.3 is 30.3 Å². The smallest absolute Gasteiger partial charge is 0.323 e. The number of nitrogens with one attached hydrogen (secondary N) is 3. The van der Waals surface area contributed by atoms with Crippen LogP contribution in [-0.2, 0) is 4.74 Å². The Morgan fingerprint density at radius 2 is 1.79 bits per heavy atom. The molecule has 0 bridgehead atoms. The van der Waals surface area contributed by atoms with E-state index >= 15 is 0 Å². The number of rotatable bonds is 7. The van der Waals surface area contributed by atoms with E-state index in [1.165, 1.54) is 0 Å². The molecule has 1 aliphatic heterocycles. The zero-order chi connectivity index (χ0) is 26.3. The number of carbonyl (C=O) groups excluding carboxylic acids is 1. The zero-order valence-electron chi connectivity index (χ0n) is 21.1. The fourth-order valence-electron chi connectivity index (χ4n) is 3.94. The maximum atomic E-state index is 12.6. The second-order valence-electron chi connectivity index (χ2n) is 8.62. The van der Waals surface area contributed by atoms with Crippen molar-refractivity contribution in [3.05, 3.63) is 72.8 Å². The number of hydrogen-bond donors (Lipinski definition) is 3. The van der Waals surface area contributed by atoms with Gasteiger partial charge in [-0.2, -0.15) is 0 Å². The molecular weight excluding hydrogens is 484 g/mol. The quantitative estimate of drug-likeness (QED) is 0.329. The van der Waals surface area contributed by atoms with Gasteiger partial charge in [0, 0.05) is 42.4 Å². The fourth-order valence-corrected chi connectivity index (χ4v) is 3.94. The topological polar surface area (TPSA) is 126 Å². The van der Waals surface area contributed by atoms with Crippen LogP contribution in [0.4, 0.5) is 33.6 Å². The van der Waals surface area contributed by atoms with E-state index in [2.05, 4.69) is 40.8 Å². The molecule has 1 fully saturated rings. The van der Waals surface area contributed by atoms with Crippen LogP contribution in [0, 0.1) is 6.92 Å². The standard InChI is InChI=1S/C27H28N8O3/c1-18-3-4-20(31-27(36)32-21-5-6-25(30-16-21)35-9-11-38-12-10-35)14-24(18)34-26-29-8-7-23(33-26)19-13-22(37-2)17-28-15-19/h3-8,13-17H,9-12H2,1-2H3,(H,29,33,34)(H2,31,32,36). The Hall–Kier alpha value is -4.77. The highest BCUT2D eigenvalue weighted by atomic mass is 16.5. The first-order chi connectivity index (χ1) is 18.6. The number of aromatic nitrogens is 4. The van der Waals surface area contributed by atoms with Crippen molar-refractivity contribution in [2.45, 2.75) is 6.92 Å². The summed E-state index contributed by atoms with van der Waals surface area (Å²) in [4.78, 5) is 32.4. The molecule has 11 heteroatoms. The third-order valence-corrected chi connectivity index (χ3v) is 5.98. The van der Waals surface area contributed by atoms with E-state index in [0.717, 1.165) is 35.7 Å². The van der Waals surface area contributed by atoms with Crippen molar-refractivity contribution in [3.63, 3.8) is 0 Å². The second kappa shape index (κ2) is 11.5. The number of benzene rings is 1. The molecule has 3 aromatic heterocycles. The Morgan fingerprint density at radius 1 is 0.974 bits per heavy atom. The normalized spacial score (nSPS) is 13.1. The lowest BCUT2D eigenvalue weighted by molar-refractivity contribution is 0.122. The van der Waals surface area contributed by atoms with Crippen LogP contribution in [0.15, 0.2) is 67.3 Å². The Kier molecular flexibility index (Phi) is 7.55. The summed E-state index contributed by atoms with van der Waals surface area (Å²) in [7, 11) is 1.59. The van der Waals surface area contributed by atoms with Crippen LogP contribution in [0.2, 0.25) is 0 Å². The van der Waals surface area contributed by atoms with Crippen LogP contribution in [0.3, 0.4) is 0 Å². The van der Waals surface area contributed by atoms with E-state index in [0.29, 0.717) is 42.0 Å². The predicted molar refractivity (Wildman–Crippen MR) is 146 cm³/mol. The number of hydrogen-bond acceptors (Lipinski definition) is 9. The molecule has 1 aromatic carbocycles. The van der Waals surface area contributed by atoms with Crippen molar-refractivity contribution in [1.82, 2.24) is 19.9 Å². The molecule has 0 unspecified atom stereocenters. The molecule has 1 aliphatic rings. The first kappa shape index (κ1) is 24.9. The number of ether oxygens (including phenoxy) is 2. The maximum absolute atomic E-state index is 12.6. The Morgan fingerprint density at radius 3 is 2.58 bits per heavy atom. The molecule has 38 heavy (non-hydrogen) atoms. The number of carbonyl (C=O) groups is 1. The summed E-state index contributed by atoms with van der Waals surface area (Å²) in [6, 6.07) is 12.6. The molecule has 2 amide bonds. The molecular formula is C27H28N8O3. The Balaban J connectivity index is 1.24. The number of pyridine rings is 2. The summed E-state index contributed by atoms with van der Waals surface area (Å²) in [5.41, 5.74) is 4.46. The molecule has 11 nitrogen and oxygen atoms in total. The molecule has 0 radical (unpaired) electrons. The number of nitrogens with zero attached hydrogens (tertiary/aromatic N) is 5. The summed E-state index contributed by atoms with van der Waals surface area (Å²) in [6.07, 6.45) is 6.68. The van der Waals surface area contributed by atoms with Gasteiger partial charge in [-0.15, -0.1) is 0 Å². The summed E-state index contributed by atoms with van der Waals surface area (Å²) < 4.78 is 10.6. The van der Waals surface area contributed by atoms with E-state index in [4.69, 9.17) is 9.47 Å². The molecule has 4 aromatic rings. The summed E-state index contributed by atoms with van der Waals surface area (Å²) in [5.74, 6) is 1.93. The molecule has 3 N–H and O–H groups in total. The number of urea groups is 1. The van der Waals surface area contributed by atoms with Crippen molar-refractivity contribution in [2.75, 3.05) is 54.3 Å². The number of anilines is 5. The highest BCUT2D eigenvalue weighted by molar-refractivity contribution is 6.00. The van der Waals surface area contributed by atoms with Gasteiger partial charge in [0.1, 0.15) is 11.6 Å². The minimum Gasteiger partial charge on any atom is -0.495 e. The molecule has 0 atom stereocenters. The molecule has 0 spiro atoms. The first-order valence-electron chi connectivity index (χ1n) is 12.1. The van der Waals surface area contributed by atoms with Gasteiger partial charge in [-0.25, -0.2) is 19.7 Å². The van der Waals surface area contributed by atoms with Crippen molar-refractivity contribution in [1.29, 1.82) is 0 Å². The molecule has 5 rings (SSSR count). The Labute approximate surface area is 220 Å². The maximum Gasteiger partial charge on any atom is 0.323 e. The summed E-state index contributed by atoms with van der Waals surface area (Å²) in [5, 5.41) is 8.93. The number of aryl methyl sites for hydroxylation is 1. The average molecular weight is 513 g/mol. The van der Waals surface area contributed by atoms with Crippen LogP contribution >= 0.6 is 0 Å². The number of methoxy groups -OCH3 is 1. The lowest BCUT2D eigenvalue weighted by Crippen LogP contribution is -2.36. The molecule has 1 saturated heterocycles. The second-order valence-corrected chi connectivity index (χ2v) is 8.62. The highest BCUT2D eigenvalue weighted by Gasteiger charge is 2.13. The molecule has 0 aliphatic carbocycles. The van der Waals surface area contributed by atoms with Gasteiger partial charge in [0.2, 0.25) is 5.95 Å². The van der Waals surface area contributed by atoms with Crippen LogP contribution in [0.1, 0.15) is 5.56 Å². The van der Waals surface area contributed by atoms with Crippen molar-refractivity contribution in [3.8, 4) is 17.0 Å². The van der Waals surface area contributed by atoms with Crippen LogP contribution in [0.5, 0.6) is 5.75 Å². The van der Waals surface area contributed by atoms with E-state index in [-0.39, 0.29) is 6.03 Å². The summed E-state index contributed by atoms with van der Waals surface area (Å²) >= 11 is 0. The van der Waals surface area contributed by atoms with Gasteiger partial charge in [0.05, 0.1) is 44.1 Å². The van der Waals surface area contributed by atoms with Crippen molar-refractivity contribution in [2.24, 2.45) is 0 Å². The van der Waals surface area contributed by atoms with Crippen LogP contribution in [0.25, 0.3) is 11.3 Å². The van der Waals surface area contributed by atoms with Crippen LogP contribution in [-0.4, -0.2) is 59.4 Å². The Bertz CT molecular complexity index is 1410. The minimum atomic E-state index is -0.371. The van der Waals surface area contributed by atoms with E-state index < -0.39 is 0 Å². The monoisotopic (exact) mass is 512 g/mol. The third-order valence-electron chi connectivity index (χ3n) is 5.98. The first-order valence-corrected chi connectivity index (χ1v) is 12.1. The fraction of sp³-hybridized carbons (Fsp3) is 0.222. The zero-order valence-corrected chi connectivity index (χ0v) is 21.1. The lowest BCUT2D eigenvalue weighted by Gasteiger charge is -2.27. The van der Waals surface area contributed by atoms with Gasteiger partial charge in [0.15, 0.2) is 0 Å². The van der Waals surface area contributed by atoms with Gasteiger partial charge in [-0.05, 0) is 48.9 Å². The predicted octanol–water partition coefficient (Wildman–Crippen LogP) is 4.47. The van der Waals surface area contributed by atoms with E-state index in [1.54, 1.807) is 38.0 Å². The van der Waals surface area contributed by atoms with Gasteiger partial charge >= 0.3 is 6.03 Å². The number of amides is 2. The third kappa shape index (κ3) is 6.13. The largest absolute Gasteiger partial charge is 0.495 e. The van der Waals surface area contributed by atoms with Crippen LogP contribution < -0.4 is 25.6 Å². The van der Waals surface area contributed by atoms with Gasteiger partial charge in [0.25, 0.3) is 0 Å². The summed E-state index contributed by atoms with van der Waals surface area (Å²) in [6.45, 7) is 4.95. The van der Waals surface area contributed by atoms with E-state index in [1.807, 2.05) is 43.3 Å². The lowest BCUT2D eigenvalue weighted by atomic mass is 10.2. The van der Waals surface area contributed by atoms with Crippen molar-refractivity contribution >= 4 is 34.9 Å². The van der Waals surface area contributed by atoms with Gasteiger partial charge in [-0.3, -0.25) is 4.98 Å². The van der Waals surface area contributed by atoms with Crippen molar-refractivity contribution < 1.29 is 14.3 Å². The highest BCUT2D eigenvalue weighted by Crippen LogP contribution is 2.25. The SMILES string of the molecule is COc1cncc(-c2ccnc(Nc3cc(NC(=O)Nc4ccc(N5CCOCC5)nc4)ccc3C)n2)c1.